The van der Waals surface area contributed by atoms with Crippen LogP contribution in [0.3, 0.4) is 0 Å². The molecular weight excluding hydrogens is 280 g/mol. The Labute approximate surface area is 136 Å². The van der Waals surface area contributed by atoms with E-state index in [1.807, 2.05) is 20.8 Å². The molecule has 2 unspecified atom stereocenters. The van der Waals surface area contributed by atoms with E-state index in [9.17, 15) is 4.79 Å². The maximum absolute atomic E-state index is 12.2. The molecule has 0 bridgehead atoms. The van der Waals surface area contributed by atoms with Gasteiger partial charge in [-0.3, -0.25) is 4.89 Å². The first-order valence-electron chi connectivity index (χ1n) is 8.90. The van der Waals surface area contributed by atoms with Crippen molar-refractivity contribution in [2.45, 2.75) is 98.5 Å². The zero-order chi connectivity index (χ0) is 17.0. The van der Waals surface area contributed by atoms with Crippen molar-refractivity contribution in [3.05, 3.63) is 0 Å². The molecule has 0 aromatic heterocycles. The quantitative estimate of drug-likeness (QED) is 0.347. The van der Waals surface area contributed by atoms with Crippen molar-refractivity contribution in [3.63, 3.8) is 0 Å². The maximum atomic E-state index is 12.2. The molecule has 4 heteroatoms. The van der Waals surface area contributed by atoms with Crippen LogP contribution < -0.4 is 0 Å². The molecule has 0 radical (unpaired) electrons. The number of carbonyl (C=O) groups excluding carboxylic acids is 1. The van der Waals surface area contributed by atoms with E-state index in [0.29, 0.717) is 5.92 Å². The Morgan fingerprint density at radius 1 is 1.00 bits per heavy atom. The second kappa shape index (κ2) is 11.9. The van der Waals surface area contributed by atoms with Crippen LogP contribution in [0.4, 0.5) is 0 Å². The fraction of sp³-hybridized carbons (Fsp3) is 0.944. The predicted octanol–water partition coefficient (Wildman–Crippen LogP) is 5.60. The van der Waals surface area contributed by atoms with Gasteiger partial charge in [-0.15, -0.1) is 0 Å². The Bertz CT molecular complexity index is 283. The zero-order valence-electron chi connectivity index (χ0n) is 15.4. The summed E-state index contributed by atoms with van der Waals surface area (Å²) in [4.78, 5) is 22.1. The van der Waals surface area contributed by atoms with Crippen molar-refractivity contribution in [1.82, 2.24) is 0 Å². The largest absolute Gasteiger partial charge is 0.348 e. The standard InChI is InChI=1S/C18H36O4/c1-7-10-12-15(9-3)14-16(13-11-8-2)17(19)20-22-21-18(4,5)6/h15-16H,7-14H2,1-6H3. The lowest BCUT2D eigenvalue weighted by Gasteiger charge is -2.21. The summed E-state index contributed by atoms with van der Waals surface area (Å²) in [6.45, 7) is 12.1. The van der Waals surface area contributed by atoms with Gasteiger partial charge in [0.2, 0.25) is 0 Å². The first-order valence-corrected chi connectivity index (χ1v) is 8.90. The van der Waals surface area contributed by atoms with Crippen molar-refractivity contribution in [1.29, 1.82) is 0 Å². The third kappa shape index (κ3) is 11.0. The van der Waals surface area contributed by atoms with Crippen LogP contribution in [0, 0.1) is 11.8 Å². The van der Waals surface area contributed by atoms with Gasteiger partial charge in [0.15, 0.2) is 0 Å². The third-order valence-corrected chi connectivity index (χ3v) is 3.80. The van der Waals surface area contributed by atoms with E-state index in [1.54, 1.807) is 0 Å². The Hall–Kier alpha value is -0.610. The van der Waals surface area contributed by atoms with Crippen molar-refractivity contribution < 1.29 is 19.6 Å². The fourth-order valence-electron chi connectivity index (χ4n) is 2.39. The average Bonchev–Trinajstić information content (AvgIpc) is 2.45. The lowest BCUT2D eigenvalue weighted by Crippen LogP contribution is -2.25. The summed E-state index contributed by atoms with van der Waals surface area (Å²) in [6.07, 6.45) is 8.56. The van der Waals surface area contributed by atoms with Crippen LogP contribution in [0.15, 0.2) is 0 Å². The Morgan fingerprint density at radius 2 is 1.59 bits per heavy atom. The molecule has 4 nitrogen and oxygen atoms in total. The van der Waals surface area contributed by atoms with E-state index in [4.69, 9.17) is 9.78 Å². The van der Waals surface area contributed by atoms with Crippen molar-refractivity contribution in [2.75, 3.05) is 0 Å². The van der Waals surface area contributed by atoms with E-state index in [0.717, 1.165) is 32.1 Å². The van der Waals surface area contributed by atoms with Gasteiger partial charge in [0.1, 0.15) is 0 Å². The smallest absolute Gasteiger partial charge is 0.269 e. The van der Waals surface area contributed by atoms with Gasteiger partial charge >= 0.3 is 5.97 Å². The molecule has 0 aliphatic carbocycles. The summed E-state index contributed by atoms with van der Waals surface area (Å²) in [5, 5.41) is 4.67. The molecule has 0 N–H and O–H groups in total. The minimum atomic E-state index is -0.494. The molecule has 0 aromatic rings. The number of unbranched alkanes of at least 4 members (excludes halogenated alkanes) is 2. The monoisotopic (exact) mass is 316 g/mol. The summed E-state index contributed by atoms with van der Waals surface area (Å²) < 4.78 is 0. The highest BCUT2D eigenvalue weighted by Crippen LogP contribution is 2.26. The zero-order valence-corrected chi connectivity index (χ0v) is 15.4. The summed E-state index contributed by atoms with van der Waals surface area (Å²) in [5.41, 5.74) is -0.494. The molecule has 0 saturated carbocycles. The SMILES string of the molecule is CCCCC(CC)CC(CCCC)C(=O)OOOC(C)(C)C. The Kier molecular flexibility index (Phi) is 11.6. The molecule has 132 valence electrons. The molecule has 22 heavy (non-hydrogen) atoms. The van der Waals surface area contributed by atoms with Gasteiger partial charge in [0, 0.05) is 0 Å². The Balaban J connectivity index is 4.42. The minimum absolute atomic E-state index is 0.0923. The maximum Gasteiger partial charge on any atom is 0.348 e. The first-order chi connectivity index (χ1) is 10.3. The van der Waals surface area contributed by atoms with Gasteiger partial charge < -0.3 is 0 Å². The van der Waals surface area contributed by atoms with E-state index in [-0.39, 0.29) is 11.9 Å². The van der Waals surface area contributed by atoms with E-state index in [1.165, 1.54) is 19.3 Å². The highest BCUT2D eigenvalue weighted by molar-refractivity contribution is 5.71. The molecule has 0 saturated heterocycles. The molecule has 0 heterocycles. The van der Waals surface area contributed by atoms with Gasteiger partial charge in [-0.2, -0.15) is 4.89 Å². The molecule has 0 fully saturated rings. The van der Waals surface area contributed by atoms with Crippen molar-refractivity contribution in [3.8, 4) is 0 Å². The second-order valence-corrected chi connectivity index (χ2v) is 7.16. The van der Waals surface area contributed by atoms with Crippen molar-refractivity contribution in [2.24, 2.45) is 11.8 Å². The first kappa shape index (κ1) is 21.4. The third-order valence-electron chi connectivity index (χ3n) is 3.80. The summed E-state index contributed by atoms with van der Waals surface area (Å²) in [6, 6.07) is 0. The highest BCUT2D eigenvalue weighted by atomic mass is 17.5. The van der Waals surface area contributed by atoms with Crippen LogP contribution >= 0.6 is 0 Å². The van der Waals surface area contributed by atoms with Gasteiger partial charge in [0.05, 0.1) is 11.5 Å². The van der Waals surface area contributed by atoms with Gasteiger partial charge in [-0.1, -0.05) is 59.3 Å². The van der Waals surface area contributed by atoms with Gasteiger partial charge in [-0.05, 0) is 44.6 Å². The van der Waals surface area contributed by atoms with Crippen LogP contribution in [-0.4, -0.2) is 11.6 Å². The van der Waals surface area contributed by atoms with E-state index >= 15 is 0 Å². The normalized spacial score (nSPS) is 14.6. The minimum Gasteiger partial charge on any atom is -0.269 e. The molecule has 0 aliphatic heterocycles. The lowest BCUT2D eigenvalue weighted by molar-refractivity contribution is -0.515. The predicted molar refractivity (Wildman–Crippen MR) is 89.0 cm³/mol. The van der Waals surface area contributed by atoms with Gasteiger partial charge in [-0.25, -0.2) is 4.79 Å². The van der Waals surface area contributed by atoms with Crippen molar-refractivity contribution >= 4 is 5.97 Å². The average molecular weight is 316 g/mol. The molecular formula is C18H36O4. The number of rotatable bonds is 12. The fourth-order valence-corrected chi connectivity index (χ4v) is 2.39. The number of hydrogen-bond acceptors (Lipinski definition) is 4. The highest BCUT2D eigenvalue weighted by Gasteiger charge is 2.25. The molecule has 2 atom stereocenters. The number of hydrogen-bond donors (Lipinski definition) is 0. The Morgan fingerprint density at radius 3 is 2.09 bits per heavy atom. The molecule has 0 spiro atoms. The van der Waals surface area contributed by atoms with E-state index in [2.05, 4.69) is 25.8 Å². The second-order valence-electron chi connectivity index (χ2n) is 7.16. The molecule has 0 rings (SSSR count). The van der Waals surface area contributed by atoms with Crippen LogP contribution in [0.25, 0.3) is 0 Å². The van der Waals surface area contributed by atoms with Crippen LogP contribution in [-0.2, 0) is 19.6 Å². The molecule has 0 amide bonds. The molecule has 0 aromatic carbocycles. The summed E-state index contributed by atoms with van der Waals surface area (Å²) >= 11 is 0. The van der Waals surface area contributed by atoms with Crippen LogP contribution in [0.5, 0.6) is 0 Å². The van der Waals surface area contributed by atoms with Gasteiger partial charge in [0.25, 0.3) is 0 Å². The van der Waals surface area contributed by atoms with E-state index < -0.39 is 5.60 Å². The number of carbonyl (C=O) groups is 1. The lowest BCUT2D eigenvalue weighted by atomic mass is 9.86. The molecule has 0 aliphatic rings. The van der Waals surface area contributed by atoms with Crippen LogP contribution in [0.2, 0.25) is 0 Å². The summed E-state index contributed by atoms with van der Waals surface area (Å²) in [5.74, 6) is 0.191. The van der Waals surface area contributed by atoms with Crippen LogP contribution in [0.1, 0.15) is 92.9 Å². The topological polar surface area (TPSA) is 44.8 Å². The summed E-state index contributed by atoms with van der Waals surface area (Å²) in [7, 11) is 0.